The number of hydrogen-bond acceptors (Lipinski definition) is 4. The molecule has 4 aromatic carbocycles. The predicted octanol–water partition coefficient (Wildman–Crippen LogP) is 11.6. The molecule has 6 nitrogen and oxygen atoms in total. The second kappa shape index (κ2) is 12.3. The molecule has 0 aliphatic heterocycles. The zero-order chi connectivity index (χ0) is 29.5. The second-order valence-corrected chi connectivity index (χ2v) is 10.8. The van der Waals surface area contributed by atoms with E-state index in [9.17, 15) is 9.59 Å². The summed E-state index contributed by atoms with van der Waals surface area (Å²) in [6, 6.07) is 10.8. The second-order valence-electron chi connectivity index (χ2n) is 7.78. The van der Waals surface area contributed by atoms with Gasteiger partial charge in [0, 0.05) is 11.1 Å². The first-order chi connectivity index (χ1) is 18.8. The van der Waals surface area contributed by atoms with Gasteiger partial charge < -0.3 is 19.7 Å². The highest BCUT2D eigenvalue weighted by atomic mass is 35.5. The van der Waals surface area contributed by atoms with E-state index in [0.717, 1.165) is 0 Å². The lowest BCUT2D eigenvalue weighted by Gasteiger charge is -2.21. The molecule has 0 saturated carbocycles. The monoisotopic (exact) mass is 698 g/mol. The Labute approximate surface area is 266 Å². The van der Waals surface area contributed by atoms with Crippen LogP contribution in [0.3, 0.4) is 0 Å². The molecule has 0 aliphatic rings. The van der Waals surface area contributed by atoms with E-state index in [2.05, 4.69) is 0 Å². The molecular weight excluding hydrogens is 692 g/mol. The maximum absolute atomic E-state index is 11.2. The number of carbonyl (C=O) groups is 2. The Balaban J connectivity index is 1.88. The van der Waals surface area contributed by atoms with Gasteiger partial charge in [-0.05, 0) is 48.5 Å². The van der Waals surface area contributed by atoms with Gasteiger partial charge in [0.15, 0.2) is 11.5 Å². The number of halogens is 8. The van der Waals surface area contributed by atoms with Crippen molar-refractivity contribution in [3.63, 3.8) is 0 Å². The van der Waals surface area contributed by atoms with Crippen molar-refractivity contribution in [2.24, 2.45) is 0 Å². The van der Waals surface area contributed by atoms with Crippen LogP contribution >= 0.6 is 92.8 Å². The van der Waals surface area contributed by atoms with Crippen LogP contribution in [0.15, 0.2) is 48.5 Å². The van der Waals surface area contributed by atoms with Crippen LogP contribution in [0.2, 0.25) is 40.2 Å². The average molecular weight is 702 g/mol. The van der Waals surface area contributed by atoms with Gasteiger partial charge in [0.2, 0.25) is 0 Å². The van der Waals surface area contributed by atoms with Gasteiger partial charge in [0.05, 0.1) is 41.3 Å². The first-order valence-electron chi connectivity index (χ1n) is 10.6. The van der Waals surface area contributed by atoms with Crippen molar-refractivity contribution in [3.05, 3.63) is 99.8 Å². The summed E-state index contributed by atoms with van der Waals surface area (Å²) in [5.74, 6) is -2.17. The third-order valence-corrected chi connectivity index (χ3v) is 8.68. The minimum atomic E-state index is -1.13. The molecule has 0 heterocycles. The molecule has 0 aliphatic carbocycles. The lowest BCUT2D eigenvalue weighted by Crippen LogP contribution is -1.98. The minimum absolute atomic E-state index is 0.0190. The lowest BCUT2D eigenvalue weighted by molar-refractivity contribution is 0.0686. The molecule has 0 unspecified atom stereocenters. The molecule has 206 valence electrons. The van der Waals surface area contributed by atoms with Crippen LogP contribution in [-0.2, 0) is 0 Å². The molecule has 0 bridgehead atoms. The van der Waals surface area contributed by atoms with Crippen molar-refractivity contribution in [2.75, 3.05) is 0 Å². The van der Waals surface area contributed by atoms with Crippen molar-refractivity contribution in [2.45, 2.75) is 0 Å². The summed E-state index contributed by atoms with van der Waals surface area (Å²) in [6.07, 6.45) is 0. The van der Waals surface area contributed by atoms with E-state index >= 15 is 0 Å². The summed E-state index contributed by atoms with van der Waals surface area (Å²) in [7, 11) is 0. The van der Waals surface area contributed by atoms with Crippen molar-refractivity contribution >= 4 is 105 Å². The molecule has 14 heteroatoms. The molecule has 0 saturated heterocycles. The van der Waals surface area contributed by atoms with Gasteiger partial charge in [-0.1, -0.05) is 92.8 Å². The summed E-state index contributed by atoms with van der Waals surface area (Å²) >= 11 is 52.2. The molecule has 0 amide bonds. The molecule has 0 spiro atoms. The van der Waals surface area contributed by atoms with Gasteiger partial charge in [-0.2, -0.15) is 0 Å². The molecular formula is C26H10Cl8O6. The normalized spacial score (nSPS) is 10.9. The lowest BCUT2D eigenvalue weighted by atomic mass is 10.0. The number of carboxylic acids is 2. The Morgan fingerprint density at radius 3 is 1.02 bits per heavy atom. The standard InChI is InChI=1S/C26H10Cl8O6/c27-15-13(17(29)23(21(33)19(15)31)39-11-5-1-9(2-6-11)25(35)36)14-16(28)20(32)22(34)24(18(14)30)40-12-7-3-10(4-8-12)26(37)38/h1-8H,(H,35,36)(H,37,38). The highest BCUT2D eigenvalue weighted by molar-refractivity contribution is 6.55. The smallest absolute Gasteiger partial charge is 0.335 e. The fraction of sp³-hybridized carbons (Fsp3) is 0. The van der Waals surface area contributed by atoms with E-state index in [1.54, 1.807) is 0 Å². The zero-order valence-corrected chi connectivity index (χ0v) is 25.2. The van der Waals surface area contributed by atoms with Gasteiger partial charge >= 0.3 is 11.9 Å². The average Bonchev–Trinajstić information content (AvgIpc) is 2.93. The molecule has 0 aromatic heterocycles. The summed E-state index contributed by atoms with van der Waals surface area (Å²) in [6.45, 7) is 0. The van der Waals surface area contributed by atoms with E-state index in [4.69, 9.17) is 112 Å². The van der Waals surface area contributed by atoms with E-state index in [0.29, 0.717) is 0 Å². The van der Waals surface area contributed by atoms with Gasteiger partial charge in [-0.25, -0.2) is 9.59 Å². The molecule has 2 N–H and O–H groups in total. The number of ether oxygens (including phenoxy) is 2. The molecule has 4 aromatic rings. The summed E-state index contributed by atoms with van der Waals surface area (Å²) < 4.78 is 11.7. The van der Waals surface area contributed by atoms with Crippen LogP contribution < -0.4 is 9.47 Å². The molecule has 40 heavy (non-hydrogen) atoms. The van der Waals surface area contributed by atoms with Crippen LogP contribution in [-0.4, -0.2) is 22.2 Å². The van der Waals surface area contributed by atoms with Crippen LogP contribution in [0.5, 0.6) is 23.0 Å². The number of carboxylic acid groups (broad SMARTS) is 2. The fourth-order valence-corrected chi connectivity index (χ4v) is 5.73. The molecule has 0 fully saturated rings. The van der Waals surface area contributed by atoms with Crippen molar-refractivity contribution in [1.29, 1.82) is 0 Å². The number of aromatic carboxylic acids is 2. The minimum Gasteiger partial charge on any atom is -0.478 e. The Bertz CT molecular complexity index is 1550. The van der Waals surface area contributed by atoms with Gasteiger partial charge in [0.1, 0.15) is 21.5 Å². The molecule has 0 atom stereocenters. The van der Waals surface area contributed by atoms with Crippen LogP contribution in [0, 0.1) is 0 Å². The van der Waals surface area contributed by atoms with Crippen LogP contribution in [0.25, 0.3) is 11.1 Å². The first-order valence-corrected chi connectivity index (χ1v) is 13.6. The van der Waals surface area contributed by atoms with E-state index in [-0.39, 0.29) is 85.4 Å². The summed E-state index contributed by atoms with van der Waals surface area (Å²) in [5.41, 5.74) is 0.0156. The third-order valence-electron chi connectivity index (χ3n) is 5.34. The quantitative estimate of drug-likeness (QED) is 0.147. The van der Waals surface area contributed by atoms with Crippen molar-refractivity contribution in [3.8, 4) is 34.1 Å². The maximum atomic E-state index is 11.2. The van der Waals surface area contributed by atoms with Crippen molar-refractivity contribution < 1.29 is 29.3 Å². The van der Waals surface area contributed by atoms with E-state index < -0.39 is 11.9 Å². The summed E-state index contributed by atoms with van der Waals surface area (Å²) in [4.78, 5) is 22.3. The Hall–Kier alpha value is -2.26. The SMILES string of the molecule is O=C(O)c1ccc(Oc2c(Cl)c(Cl)c(Cl)c(-c3c(Cl)c(Cl)c(Cl)c(Oc4ccc(C(=O)O)cc4)c3Cl)c2Cl)cc1. The number of rotatable bonds is 7. The first kappa shape index (κ1) is 30.7. The number of benzene rings is 4. The topological polar surface area (TPSA) is 93.1 Å². The van der Waals surface area contributed by atoms with Crippen molar-refractivity contribution in [1.82, 2.24) is 0 Å². The molecule has 0 radical (unpaired) electrons. The third kappa shape index (κ3) is 5.87. The van der Waals surface area contributed by atoms with Gasteiger partial charge in [0.25, 0.3) is 0 Å². The Morgan fingerprint density at radius 1 is 0.450 bits per heavy atom. The summed E-state index contributed by atoms with van der Waals surface area (Å²) in [5, 5.41) is 17.0. The number of hydrogen-bond donors (Lipinski definition) is 2. The van der Waals surface area contributed by atoms with E-state index in [1.165, 1.54) is 48.5 Å². The Kier molecular flexibility index (Phi) is 9.45. The van der Waals surface area contributed by atoms with Crippen LogP contribution in [0.4, 0.5) is 0 Å². The van der Waals surface area contributed by atoms with E-state index in [1.807, 2.05) is 0 Å². The maximum Gasteiger partial charge on any atom is 0.335 e. The Morgan fingerprint density at radius 2 is 0.750 bits per heavy atom. The predicted molar refractivity (Wildman–Crippen MR) is 159 cm³/mol. The highest BCUT2D eigenvalue weighted by Crippen LogP contribution is 2.57. The molecule has 4 rings (SSSR count). The highest BCUT2D eigenvalue weighted by Gasteiger charge is 2.30. The fourth-order valence-electron chi connectivity index (χ4n) is 3.41. The van der Waals surface area contributed by atoms with Gasteiger partial charge in [-0.3, -0.25) is 0 Å². The van der Waals surface area contributed by atoms with Crippen LogP contribution in [0.1, 0.15) is 20.7 Å². The largest absolute Gasteiger partial charge is 0.478 e. The van der Waals surface area contributed by atoms with Gasteiger partial charge in [-0.15, -0.1) is 0 Å². The zero-order valence-electron chi connectivity index (χ0n) is 19.2.